The molecule has 3 aromatic rings. The molecule has 0 saturated carbocycles. The van der Waals surface area contributed by atoms with Crippen LogP contribution in [0.1, 0.15) is 11.8 Å². The number of fused-ring (bicyclic) bond motifs is 3. The van der Waals surface area contributed by atoms with Gasteiger partial charge in [-0.2, -0.15) is 4.98 Å². The normalized spacial score (nSPS) is 15.3. The van der Waals surface area contributed by atoms with Crippen LogP contribution >= 0.6 is 39.5 Å². The first-order valence-electron chi connectivity index (χ1n) is 7.83. The summed E-state index contributed by atoms with van der Waals surface area (Å²) in [7, 11) is 0. The predicted octanol–water partition coefficient (Wildman–Crippen LogP) is 5.25. The van der Waals surface area contributed by atoms with Crippen LogP contribution in [0.25, 0.3) is 11.3 Å². The van der Waals surface area contributed by atoms with E-state index in [-0.39, 0.29) is 6.23 Å². The van der Waals surface area contributed by atoms with E-state index in [1.165, 1.54) is 16.7 Å². The third-order valence-electron chi connectivity index (χ3n) is 3.99. The van der Waals surface area contributed by atoms with Crippen LogP contribution in [0.4, 0.5) is 5.69 Å². The molecule has 26 heavy (non-hydrogen) atoms. The molecule has 1 aromatic heterocycles. The molecule has 1 N–H and O–H groups in total. The molecule has 1 aliphatic heterocycles. The zero-order valence-electron chi connectivity index (χ0n) is 14.1. The van der Waals surface area contributed by atoms with Crippen molar-refractivity contribution in [2.24, 2.45) is 0 Å². The second kappa shape index (κ2) is 7.46. The number of hydrogen-bond acceptors (Lipinski definition) is 7. The van der Waals surface area contributed by atoms with Crippen molar-refractivity contribution in [1.82, 2.24) is 15.2 Å². The van der Waals surface area contributed by atoms with Crippen molar-refractivity contribution in [3.05, 3.63) is 52.5 Å². The Kier molecular flexibility index (Phi) is 5.06. The van der Waals surface area contributed by atoms with E-state index in [0.717, 1.165) is 21.3 Å². The molecule has 0 aliphatic carbocycles. The maximum absolute atomic E-state index is 6.22. The van der Waals surface area contributed by atoms with E-state index in [1.807, 2.05) is 24.5 Å². The van der Waals surface area contributed by atoms with Crippen LogP contribution in [0.2, 0.25) is 0 Å². The van der Waals surface area contributed by atoms with Gasteiger partial charge in [0.15, 0.2) is 11.9 Å². The van der Waals surface area contributed by atoms with E-state index in [1.54, 1.807) is 11.8 Å². The molecule has 1 aliphatic rings. The molecule has 2 aromatic carbocycles. The topological polar surface area (TPSA) is 59.9 Å². The van der Waals surface area contributed by atoms with E-state index in [2.05, 4.69) is 66.9 Å². The molecular formula is C18H15BrN4OS2. The second-order valence-electron chi connectivity index (χ2n) is 5.56. The summed E-state index contributed by atoms with van der Waals surface area (Å²) in [5, 5.41) is 12.6. The number of nitrogens with zero attached hydrogens (tertiary/aromatic N) is 3. The number of rotatable bonds is 3. The number of ether oxygens (including phenoxy) is 1. The summed E-state index contributed by atoms with van der Waals surface area (Å²) in [4.78, 5) is 5.75. The third kappa shape index (κ3) is 3.41. The SMILES string of the molecule is CSc1ccc([C@H]2Nc3ccc(Br)cc3-c3nnc(SC)nc3O2)cc1. The zero-order valence-corrected chi connectivity index (χ0v) is 17.3. The molecule has 0 unspecified atom stereocenters. The van der Waals surface area contributed by atoms with Crippen LogP contribution in [0.5, 0.6) is 5.88 Å². The van der Waals surface area contributed by atoms with Gasteiger partial charge in [0.05, 0.1) is 0 Å². The Morgan fingerprint density at radius 1 is 1.04 bits per heavy atom. The van der Waals surface area contributed by atoms with Gasteiger partial charge in [0, 0.05) is 26.2 Å². The van der Waals surface area contributed by atoms with Gasteiger partial charge >= 0.3 is 0 Å². The van der Waals surface area contributed by atoms with Crippen molar-refractivity contribution in [2.45, 2.75) is 16.3 Å². The van der Waals surface area contributed by atoms with E-state index in [9.17, 15) is 0 Å². The van der Waals surface area contributed by atoms with Crippen molar-refractivity contribution in [3.8, 4) is 17.1 Å². The van der Waals surface area contributed by atoms with E-state index in [4.69, 9.17) is 4.74 Å². The number of anilines is 1. The zero-order chi connectivity index (χ0) is 18.1. The summed E-state index contributed by atoms with van der Waals surface area (Å²) >= 11 is 6.68. The van der Waals surface area contributed by atoms with E-state index in [0.29, 0.717) is 16.7 Å². The summed E-state index contributed by atoms with van der Waals surface area (Å²) in [6.45, 7) is 0. The average Bonchev–Trinajstić information content (AvgIpc) is 2.84. The summed E-state index contributed by atoms with van der Waals surface area (Å²) in [6.07, 6.45) is 3.62. The minimum absolute atomic E-state index is 0.363. The van der Waals surface area contributed by atoms with Gasteiger partial charge in [-0.15, -0.1) is 22.0 Å². The molecule has 1 atom stereocenters. The lowest BCUT2D eigenvalue weighted by atomic mass is 10.1. The first kappa shape index (κ1) is 17.6. The number of hydrogen-bond donors (Lipinski definition) is 1. The highest BCUT2D eigenvalue weighted by atomic mass is 79.9. The molecule has 0 fully saturated rings. The summed E-state index contributed by atoms with van der Waals surface area (Å²) in [6, 6.07) is 14.3. The number of nitrogens with one attached hydrogen (secondary N) is 1. The van der Waals surface area contributed by atoms with Crippen molar-refractivity contribution >= 4 is 45.1 Å². The van der Waals surface area contributed by atoms with Gasteiger partial charge in [0.2, 0.25) is 11.0 Å². The molecule has 5 nitrogen and oxygen atoms in total. The maximum atomic E-state index is 6.22. The first-order valence-corrected chi connectivity index (χ1v) is 11.1. The lowest BCUT2D eigenvalue weighted by molar-refractivity contribution is 0.225. The van der Waals surface area contributed by atoms with Crippen LogP contribution in [0.3, 0.4) is 0 Å². The molecule has 0 amide bonds. The summed E-state index contributed by atoms with van der Waals surface area (Å²) < 4.78 is 7.18. The number of thioether (sulfide) groups is 2. The fourth-order valence-electron chi connectivity index (χ4n) is 2.69. The van der Waals surface area contributed by atoms with Gasteiger partial charge in [0.1, 0.15) is 0 Å². The molecule has 132 valence electrons. The first-order chi connectivity index (χ1) is 12.7. The Balaban J connectivity index is 1.83. The number of aromatic nitrogens is 3. The van der Waals surface area contributed by atoms with Gasteiger partial charge in [-0.05, 0) is 42.8 Å². The third-order valence-corrected chi connectivity index (χ3v) is 5.76. The molecule has 0 bridgehead atoms. The Morgan fingerprint density at radius 2 is 1.85 bits per heavy atom. The van der Waals surface area contributed by atoms with E-state index < -0.39 is 0 Å². The molecular weight excluding hydrogens is 432 g/mol. The van der Waals surface area contributed by atoms with Crippen LogP contribution in [-0.4, -0.2) is 27.7 Å². The van der Waals surface area contributed by atoms with Crippen molar-refractivity contribution in [3.63, 3.8) is 0 Å². The lowest BCUT2D eigenvalue weighted by Crippen LogP contribution is -2.17. The van der Waals surface area contributed by atoms with Crippen LogP contribution in [0.15, 0.2) is 57.0 Å². The maximum Gasteiger partial charge on any atom is 0.247 e. The monoisotopic (exact) mass is 446 g/mol. The smallest absolute Gasteiger partial charge is 0.247 e. The highest BCUT2D eigenvalue weighted by Crippen LogP contribution is 2.40. The fraction of sp³-hybridized carbons (Fsp3) is 0.167. The Bertz CT molecular complexity index is 952. The lowest BCUT2D eigenvalue weighted by Gasteiger charge is -2.19. The predicted molar refractivity (Wildman–Crippen MR) is 110 cm³/mol. The Labute approximate surface area is 168 Å². The number of halogens is 1. The molecule has 8 heteroatoms. The average molecular weight is 447 g/mol. The summed E-state index contributed by atoms with van der Waals surface area (Å²) in [5.41, 5.74) is 3.49. The van der Waals surface area contributed by atoms with Gasteiger partial charge in [0.25, 0.3) is 0 Å². The fourth-order valence-corrected chi connectivity index (χ4v) is 3.75. The second-order valence-corrected chi connectivity index (χ2v) is 8.13. The molecule has 4 rings (SSSR count). The molecule has 0 radical (unpaired) electrons. The van der Waals surface area contributed by atoms with Crippen molar-refractivity contribution < 1.29 is 4.74 Å². The largest absolute Gasteiger partial charge is 0.448 e. The number of benzene rings is 2. The van der Waals surface area contributed by atoms with Crippen LogP contribution in [0, 0.1) is 0 Å². The molecule has 0 spiro atoms. The van der Waals surface area contributed by atoms with Gasteiger partial charge in [-0.1, -0.05) is 39.8 Å². The van der Waals surface area contributed by atoms with Crippen LogP contribution in [-0.2, 0) is 0 Å². The van der Waals surface area contributed by atoms with Crippen LogP contribution < -0.4 is 10.1 Å². The van der Waals surface area contributed by atoms with Crippen molar-refractivity contribution in [2.75, 3.05) is 17.8 Å². The minimum Gasteiger partial charge on any atom is -0.448 e. The highest BCUT2D eigenvalue weighted by molar-refractivity contribution is 9.10. The van der Waals surface area contributed by atoms with Gasteiger partial charge in [-0.3, -0.25) is 0 Å². The van der Waals surface area contributed by atoms with Gasteiger partial charge in [-0.25, -0.2) is 0 Å². The Morgan fingerprint density at radius 3 is 2.58 bits per heavy atom. The van der Waals surface area contributed by atoms with Crippen molar-refractivity contribution in [1.29, 1.82) is 0 Å². The Hall–Kier alpha value is -1.77. The standard InChI is InChI=1S/C18H15BrN4OS2/c1-25-12-6-3-10(4-7-12)16-20-14-8-5-11(19)9-13(14)15-17(24-16)21-18(26-2)23-22-15/h3-9,16,20H,1-2H3/t16-/m0/s1. The summed E-state index contributed by atoms with van der Waals surface area (Å²) in [5.74, 6) is 0.479. The minimum atomic E-state index is -0.363. The highest BCUT2D eigenvalue weighted by Gasteiger charge is 2.26. The molecule has 2 heterocycles. The van der Waals surface area contributed by atoms with E-state index >= 15 is 0 Å². The van der Waals surface area contributed by atoms with Gasteiger partial charge < -0.3 is 10.1 Å². The molecule has 0 saturated heterocycles. The quantitative estimate of drug-likeness (QED) is 0.551.